The quantitative estimate of drug-likeness (QED) is 0.496. The maximum Gasteiger partial charge on any atom is 0.307 e. The van der Waals surface area contributed by atoms with Crippen LogP contribution in [0, 0.1) is 13.8 Å². The van der Waals surface area contributed by atoms with Crippen LogP contribution in [0.3, 0.4) is 0 Å². The van der Waals surface area contributed by atoms with Crippen LogP contribution in [0.15, 0.2) is 47.4 Å². The topological polar surface area (TPSA) is 107 Å². The summed E-state index contributed by atoms with van der Waals surface area (Å²) in [5.74, 6) is -1.16. The molecule has 1 N–H and O–H groups in total. The van der Waals surface area contributed by atoms with Crippen molar-refractivity contribution in [2.45, 2.75) is 32.1 Å². The molecule has 154 valence electrons. The fraction of sp³-hybridized carbons (Fsp3) is 0.286. The molecule has 0 unspecified atom stereocenters. The number of sulfonamides is 1. The predicted octanol–water partition coefficient (Wildman–Crippen LogP) is 2.60. The van der Waals surface area contributed by atoms with Crippen LogP contribution < -0.4 is 4.72 Å². The molecule has 0 bridgehead atoms. The van der Waals surface area contributed by atoms with E-state index in [9.17, 15) is 22.8 Å². The summed E-state index contributed by atoms with van der Waals surface area (Å²) in [6.45, 7) is 4.47. The van der Waals surface area contributed by atoms with Crippen molar-refractivity contribution in [3.63, 3.8) is 0 Å². The number of esters is 1. The van der Waals surface area contributed by atoms with Gasteiger partial charge in [0.05, 0.1) is 11.3 Å². The van der Waals surface area contributed by atoms with Crippen LogP contribution in [0.1, 0.15) is 45.2 Å². The first kappa shape index (κ1) is 22.4. The minimum atomic E-state index is -3.82. The normalized spacial score (nSPS) is 11.1. The molecule has 0 aliphatic rings. The monoisotopic (exact) mass is 417 g/mol. The fourth-order valence-corrected chi connectivity index (χ4v) is 3.60. The molecule has 0 saturated heterocycles. The molecule has 0 aliphatic carbocycles. The molecule has 0 atom stereocenters. The summed E-state index contributed by atoms with van der Waals surface area (Å²) in [5, 5.41) is 0. The predicted molar refractivity (Wildman–Crippen MR) is 107 cm³/mol. The number of hydrogen-bond donors (Lipinski definition) is 1. The molecule has 8 heteroatoms. The SMILES string of the molecule is CC(=O)c1ccc(S(=O)(=O)NCCC(=O)OCC(=O)c2cc(C)ccc2C)cc1. The summed E-state index contributed by atoms with van der Waals surface area (Å²) < 4.78 is 31.7. The summed E-state index contributed by atoms with van der Waals surface area (Å²) in [6, 6.07) is 10.9. The maximum absolute atomic E-state index is 12.2. The summed E-state index contributed by atoms with van der Waals surface area (Å²) in [5.41, 5.74) is 2.62. The van der Waals surface area contributed by atoms with Gasteiger partial charge in [0.1, 0.15) is 0 Å². The average molecular weight is 417 g/mol. The maximum atomic E-state index is 12.2. The molecule has 2 aromatic rings. The van der Waals surface area contributed by atoms with Crippen molar-refractivity contribution in [3.05, 3.63) is 64.7 Å². The first-order valence-electron chi connectivity index (χ1n) is 8.97. The molecular weight excluding hydrogens is 394 g/mol. The molecule has 29 heavy (non-hydrogen) atoms. The largest absolute Gasteiger partial charge is 0.457 e. The number of Topliss-reactive ketones (excluding diaryl/α,β-unsaturated/α-hetero) is 2. The standard InChI is InChI=1S/C21H23NO6S/c1-14-4-5-15(2)19(12-14)20(24)13-28-21(25)10-11-22-29(26,27)18-8-6-17(7-9-18)16(3)23/h4-9,12,22H,10-11,13H2,1-3H3. The summed E-state index contributed by atoms with van der Waals surface area (Å²) >= 11 is 0. The fourth-order valence-electron chi connectivity index (χ4n) is 2.57. The Morgan fingerprint density at radius 2 is 1.66 bits per heavy atom. The molecule has 2 aromatic carbocycles. The van der Waals surface area contributed by atoms with Crippen molar-refractivity contribution >= 4 is 27.6 Å². The van der Waals surface area contributed by atoms with E-state index in [1.165, 1.54) is 31.2 Å². The highest BCUT2D eigenvalue weighted by atomic mass is 32.2. The second-order valence-corrected chi connectivity index (χ2v) is 8.40. The van der Waals surface area contributed by atoms with Crippen molar-refractivity contribution in [1.29, 1.82) is 0 Å². The van der Waals surface area contributed by atoms with Crippen LogP contribution >= 0.6 is 0 Å². The second-order valence-electron chi connectivity index (χ2n) is 6.63. The summed E-state index contributed by atoms with van der Waals surface area (Å²) in [7, 11) is -3.82. The Hall–Kier alpha value is -2.84. The lowest BCUT2D eigenvalue weighted by atomic mass is 10.0. The highest BCUT2D eigenvalue weighted by Crippen LogP contribution is 2.12. The number of aryl methyl sites for hydroxylation is 2. The van der Waals surface area contributed by atoms with Gasteiger partial charge in [0.2, 0.25) is 15.8 Å². The van der Waals surface area contributed by atoms with Gasteiger partial charge in [0.25, 0.3) is 0 Å². The van der Waals surface area contributed by atoms with Crippen LogP contribution in [-0.2, 0) is 19.6 Å². The molecular formula is C21H23NO6S. The number of rotatable bonds is 9. The zero-order valence-corrected chi connectivity index (χ0v) is 17.3. The third kappa shape index (κ3) is 6.33. The Morgan fingerprint density at radius 1 is 1.00 bits per heavy atom. The number of ether oxygens (including phenoxy) is 1. The lowest BCUT2D eigenvalue weighted by molar-refractivity contribution is -0.142. The Labute approximate surface area is 170 Å². The molecule has 0 spiro atoms. The molecule has 0 aliphatic heterocycles. The number of hydrogen-bond acceptors (Lipinski definition) is 6. The van der Waals surface area contributed by atoms with Gasteiger partial charge in [-0.05, 0) is 44.5 Å². The van der Waals surface area contributed by atoms with Crippen molar-refractivity contribution in [3.8, 4) is 0 Å². The zero-order chi connectivity index (χ0) is 21.6. The van der Waals surface area contributed by atoms with Crippen LogP contribution in [0.5, 0.6) is 0 Å². The van der Waals surface area contributed by atoms with E-state index in [4.69, 9.17) is 4.74 Å². The van der Waals surface area contributed by atoms with E-state index in [-0.39, 0.29) is 29.4 Å². The third-order valence-electron chi connectivity index (χ3n) is 4.25. The van der Waals surface area contributed by atoms with Gasteiger partial charge in [-0.15, -0.1) is 0 Å². The molecule has 0 saturated carbocycles. The van der Waals surface area contributed by atoms with Crippen LogP contribution in [-0.4, -0.2) is 39.1 Å². The molecule has 0 fully saturated rings. The number of nitrogens with one attached hydrogen (secondary N) is 1. The van der Waals surface area contributed by atoms with E-state index in [2.05, 4.69) is 4.72 Å². The summed E-state index contributed by atoms with van der Waals surface area (Å²) in [6.07, 6.45) is -0.217. The van der Waals surface area contributed by atoms with Crippen LogP contribution in [0.25, 0.3) is 0 Å². The van der Waals surface area contributed by atoms with E-state index in [1.807, 2.05) is 19.1 Å². The van der Waals surface area contributed by atoms with Crippen LogP contribution in [0.4, 0.5) is 0 Å². The minimum absolute atomic E-state index is 0.0130. The van der Waals surface area contributed by atoms with Gasteiger partial charge in [0.15, 0.2) is 12.4 Å². The Bertz CT molecular complexity index is 1030. The lowest BCUT2D eigenvalue weighted by Gasteiger charge is -2.09. The highest BCUT2D eigenvalue weighted by molar-refractivity contribution is 7.89. The molecule has 7 nitrogen and oxygen atoms in total. The zero-order valence-electron chi connectivity index (χ0n) is 16.5. The Kier molecular flexibility index (Phi) is 7.41. The van der Waals surface area contributed by atoms with Crippen molar-refractivity contribution < 1.29 is 27.5 Å². The van der Waals surface area contributed by atoms with Crippen LogP contribution in [0.2, 0.25) is 0 Å². The van der Waals surface area contributed by atoms with Gasteiger partial charge in [-0.3, -0.25) is 14.4 Å². The number of carbonyl (C=O) groups excluding carboxylic acids is 3. The third-order valence-corrected chi connectivity index (χ3v) is 5.73. The minimum Gasteiger partial charge on any atom is -0.457 e. The van der Waals surface area contributed by atoms with E-state index >= 15 is 0 Å². The lowest BCUT2D eigenvalue weighted by Crippen LogP contribution is -2.27. The smallest absolute Gasteiger partial charge is 0.307 e. The van der Waals surface area contributed by atoms with Gasteiger partial charge >= 0.3 is 5.97 Å². The molecule has 0 heterocycles. The first-order chi connectivity index (χ1) is 13.6. The van der Waals surface area contributed by atoms with Gasteiger partial charge in [-0.2, -0.15) is 0 Å². The van der Waals surface area contributed by atoms with Gasteiger partial charge in [-0.1, -0.05) is 29.8 Å². The van der Waals surface area contributed by atoms with E-state index < -0.39 is 22.6 Å². The van der Waals surface area contributed by atoms with E-state index in [0.29, 0.717) is 11.1 Å². The van der Waals surface area contributed by atoms with Gasteiger partial charge in [-0.25, -0.2) is 13.1 Å². The molecule has 0 amide bonds. The highest BCUT2D eigenvalue weighted by Gasteiger charge is 2.16. The summed E-state index contributed by atoms with van der Waals surface area (Å²) in [4.78, 5) is 35.3. The van der Waals surface area contributed by atoms with Crippen molar-refractivity contribution in [2.24, 2.45) is 0 Å². The number of ketones is 2. The van der Waals surface area contributed by atoms with E-state index in [0.717, 1.165) is 11.1 Å². The molecule has 0 radical (unpaired) electrons. The Morgan fingerprint density at radius 3 is 2.28 bits per heavy atom. The van der Waals surface area contributed by atoms with E-state index in [1.54, 1.807) is 13.0 Å². The van der Waals surface area contributed by atoms with Crippen molar-refractivity contribution in [1.82, 2.24) is 4.72 Å². The first-order valence-corrected chi connectivity index (χ1v) is 10.4. The second kappa shape index (κ2) is 9.58. The molecule has 0 aromatic heterocycles. The number of carbonyl (C=O) groups is 3. The number of benzene rings is 2. The Balaban J connectivity index is 1.83. The van der Waals surface area contributed by atoms with Crippen molar-refractivity contribution in [2.75, 3.05) is 13.2 Å². The molecule has 2 rings (SSSR count). The van der Waals surface area contributed by atoms with Gasteiger partial charge in [0, 0.05) is 17.7 Å². The average Bonchev–Trinajstić information content (AvgIpc) is 2.68. The van der Waals surface area contributed by atoms with Gasteiger partial charge < -0.3 is 4.74 Å².